The van der Waals surface area contributed by atoms with Gasteiger partial charge in [-0.25, -0.2) is 4.79 Å². The highest BCUT2D eigenvalue weighted by molar-refractivity contribution is 14.1. The Morgan fingerprint density at radius 3 is 2.29 bits per heavy atom. The quantitative estimate of drug-likeness (QED) is 0.0189. The van der Waals surface area contributed by atoms with Crippen molar-refractivity contribution in [2.45, 2.75) is 84.2 Å². The van der Waals surface area contributed by atoms with Gasteiger partial charge in [0.25, 0.3) is 11.8 Å². The van der Waals surface area contributed by atoms with Crippen molar-refractivity contribution < 1.29 is 41.3 Å². The maximum absolute atomic E-state index is 13.6. The number of rotatable bonds is 31. The van der Waals surface area contributed by atoms with Gasteiger partial charge in [-0.15, -0.1) is 15.3 Å². The van der Waals surface area contributed by atoms with Crippen molar-refractivity contribution >= 4 is 76.6 Å². The summed E-state index contributed by atoms with van der Waals surface area (Å²) in [6.45, 7) is 16.3. The second-order valence-electron chi connectivity index (χ2n) is 16.2. The summed E-state index contributed by atoms with van der Waals surface area (Å²) in [6.07, 6.45) is 6.38. The van der Waals surface area contributed by atoms with Gasteiger partial charge in [0.05, 0.1) is 49.1 Å². The normalized spacial score (nSPS) is 12.9. The van der Waals surface area contributed by atoms with Crippen LogP contribution in [0.25, 0.3) is 5.70 Å². The fourth-order valence-electron chi connectivity index (χ4n) is 6.74. The number of ether oxygens (including phenoxy) is 3. The largest absolute Gasteiger partial charge is 0.425 e. The molecule has 1 aliphatic rings. The molecule has 0 radical (unpaired) electrons. The molecule has 1 saturated heterocycles. The van der Waals surface area contributed by atoms with Crippen molar-refractivity contribution in [2.24, 2.45) is 10.2 Å². The number of hydrogen-bond donors (Lipinski definition) is 3. The lowest BCUT2D eigenvalue weighted by Crippen LogP contribution is -2.47. The molecule has 2 N–H and O–H groups in total. The molecule has 1 fully saturated rings. The van der Waals surface area contributed by atoms with Crippen LogP contribution in [0.3, 0.4) is 0 Å². The summed E-state index contributed by atoms with van der Waals surface area (Å²) in [4.78, 5) is 56.2. The zero-order valence-corrected chi connectivity index (χ0v) is 42.3. The molecule has 370 valence electrons. The van der Waals surface area contributed by atoms with E-state index in [1.165, 1.54) is 22.0 Å². The first kappa shape index (κ1) is 54.3. The van der Waals surface area contributed by atoms with E-state index in [4.69, 9.17) is 22.1 Å². The van der Waals surface area contributed by atoms with Gasteiger partial charge in [-0.3, -0.25) is 23.4 Å². The van der Waals surface area contributed by atoms with E-state index in [1.807, 2.05) is 19.1 Å². The van der Waals surface area contributed by atoms with Crippen LogP contribution in [-0.2, 0) is 52.8 Å². The third kappa shape index (κ3) is 18.6. The van der Waals surface area contributed by atoms with Crippen molar-refractivity contribution in [2.75, 3.05) is 52.7 Å². The van der Waals surface area contributed by atoms with Crippen LogP contribution in [0.2, 0.25) is 0 Å². The van der Waals surface area contributed by atoms with Crippen LogP contribution in [-0.4, -0.2) is 107 Å². The molecular formula is C49H62IN9O9S. The number of benzene rings is 3. The standard InChI is InChI=1S/C49H62IN9O9S/c1-5-6-9-46(60)52-44(48(62)58(69)24-8-27-65-29-31-66-30-28-64-26-7-23-51-37(4)39-14-10-35(2)11-15-39)33-42-34-57(56-54-42)25-22-38-13-20-45(67-50)43(32-38)55-53-41-18-16-40(17-19-41)49(63)68-59-36(3)12-21-47(59)61/h10-11,13-20,32,34,44,51,69H,3-9,12,21-31,33H2,1-2H3,(H,52,60). The van der Waals surface area contributed by atoms with Crippen molar-refractivity contribution in [1.82, 2.24) is 35.0 Å². The molecule has 3 amide bonds. The van der Waals surface area contributed by atoms with Gasteiger partial charge in [0.2, 0.25) is 5.91 Å². The first-order valence-corrected chi connectivity index (χ1v) is 24.3. The molecule has 1 aromatic heterocycles. The van der Waals surface area contributed by atoms with E-state index < -0.39 is 12.0 Å². The third-order valence-electron chi connectivity index (χ3n) is 10.7. The number of amides is 3. The van der Waals surface area contributed by atoms with E-state index in [9.17, 15) is 19.2 Å². The zero-order chi connectivity index (χ0) is 49.4. The summed E-state index contributed by atoms with van der Waals surface area (Å²) in [7, 11) is 0. The highest BCUT2D eigenvalue weighted by Crippen LogP contribution is 2.32. The second-order valence-corrected chi connectivity index (χ2v) is 17.1. The number of azo groups is 1. The summed E-state index contributed by atoms with van der Waals surface area (Å²) in [5, 5.41) is 24.5. The zero-order valence-electron chi connectivity index (χ0n) is 39.3. The number of allylic oxidation sites excluding steroid dienone is 1. The van der Waals surface area contributed by atoms with Crippen LogP contribution in [0.1, 0.15) is 84.6 Å². The molecule has 69 heavy (non-hydrogen) atoms. The van der Waals surface area contributed by atoms with E-state index in [0.29, 0.717) is 113 Å². The van der Waals surface area contributed by atoms with E-state index in [2.05, 4.69) is 88.3 Å². The maximum Gasteiger partial charge on any atom is 0.363 e. The number of carbonyl (C=O) groups excluding carboxylic acids is 4. The monoisotopic (exact) mass is 1080 g/mol. The lowest BCUT2D eigenvalue weighted by Gasteiger charge is -2.23. The van der Waals surface area contributed by atoms with E-state index in [-0.39, 0.29) is 36.1 Å². The molecular weight excluding hydrogens is 1020 g/mol. The number of aryl methyl sites for hydroxylation is 3. The highest BCUT2D eigenvalue weighted by atomic mass is 127. The van der Waals surface area contributed by atoms with Gasteiger partial charge in [-0.05, 0) is 86.6 Å². The minimum atomic E-state index is -0.886. The van der Waals surface area contributed by atoms with Crippen molar-refractivity contribution in [3.63, 3.8) is 0 Å². The summed E-state index contributed by atoms with van der Waals surface area (Å²) in [5.41, 5.74) is 6.30. The minimum Gasteiger partial charge on any atom is -0.425 e. The fourth-order valence-corrected chi connectivity index (χ4v) is 7.39. The molecule has 18 nitrogen and oxygen atoms in total. The molecule has 2 heterocycles. The number of hydroxylamine groups is 2. The molecule has 1 unspecified atom stereocenters. The lowest BCUT2D eigenvalue weighted by atomic mass is 10.1. The summed E-state index contributed by atoms with van der Waals surface area (Å²) in [5.74, 6) is -1.07. The number of unbranched alkanes of at least 4 members (excludes halogenated alkanes) is 1. The molecule has 0 aliphatic carbocycles. The Bertz CT molecular complexity index is 2330. The number of nitrogens with one attached hydrogen (secondary N) is 2. The van der Waals surface area contributed by atoms with Gasteiger partial charge in [-0.1, -0.05) is 80.4 Å². The molecule has 1 atom stereocenters. The smallest absolute Gasteiger partial charge is 0.363 e. The molecule has 0 spiro atoms. The Balaban J connectivity index is 1.01. The van der Waals surface area contributed by atoms with Gasteiger partial charge in [0.15, 0.2) is 28.8 Å². The molecule has 4 aromatic rings. The van der Waals surface area contributed by atoms with E-state index in [1.54, 1.807) is 52.1 Å². The third-order valence-corrected chi connectivity index (χ3v) is 11.6. The Morgan fingerprint density at radius 2 is 1.61 bits per heavy atom. The maximum atomic E-state index is 13.6. The van der Waals surface area contributed by atoms with Crippen LogP contribution in [0.4, 0.5) is 11.4 Å². The number of thiol groups is 1. The number of nitrogens with zero attached hydrogens (tertiary/aromatic N) is 7. The summed E-state index contributed by atoms with van der Waals surface area (Å²) < 4.78 is 25.5. The molecule has 0 saturated carbocycles. The lowest BCUT2D eigenvalue weighted by molar-refractivity contribution is -0.153. The summed E-state index contributed by atoms with van der Waals surface area (Å²) in [6, 6.07) is 19.2. The van der Waals surface area contributed by atoms with Gasteiger partial charge < -0.3 is 32.7 Å². The molecule has 0 bridgehead atoms. The molecule has 20 heteroatoms. The predicted octanol–water partition coefficient (Wildman–Crippen LogP) is 8.16. The highest BCUT2D eigenvalue weighted by Gasteiger charge is 2.29. The number of hydrogen-bond acceptors (Lipinski definition) is 15. The van der Waals surface area contributed by atoms with Crippen LogP contribution in [0.15, 0.2) is 102 Å². The SMILES string of the molecule is C=C(NCCCOCCOCCOCCCN(S)C(=O)C(Cc1cn(CCc2ccc(OI)c(N=Nc3ccc(C(=O)ON4C(=C)CCC4=O)cc3)c2)nn1)NC(=O)CCCC)c1ccc(C)cc1. The van der Waals surface area contributed by atoms with Crippen LogP contribution in [0.5, 0.6) is 5.75 Å². The van der Waals surface area contributed by atoms with Crippen molar-refractivity contribution in [1.29, 1.82) is 0 Å². The average Bonchev–Trinajstić information content (AvgIpc) is 3.95. The summed E-state index contributed by atoms with van der Waals surface area (Å²) >= 11 is 6.25. The van der Waals surface area contributed by atoms with E-state index in [0.717, 1.165) is 41.3 Å². The Hall–Kier alpha value is -5.68. The Kier molecular flexibility index (Phi) is 23.1. The number of carbonyl (C=O) groups is 4. The van der Waals surface area contributed by atoms with Crippen LogP contribution in [0, 0.1) is 6.92 Å². The van der Waals surface area contributed by atoms with Crippen molar-refractivity contribution in [3.05, 3.63) is 120 Å². The molecule has 5 rings (SSSR count). The predicted molar refractivity (Wildman–Crippen MR) is 272 cm³/mol. The van der Waals surface area contributed by atoms with E-state index >= 15 is 0 Å². The topological polar surface area (TPSA) is 200 Å². The number of halogens is 1. The molecule has 1 aliphatic heterocycles. The number of aromatic nitrogens is 3. The van der Waals surface area contributed by atoms with Crippen LogP contribution >= 0.6 is 35.8 Å². The van der Waals surface area contributed by atoms with Crippen molar-refractivity contribution in [3.8, 4) is 5.75 Å². The van der Waals surface area contributed by atoms with Gasteiger partial charge in [0.1, 0.15) is 11.7 Å². The fraction of sp³-hybridized carbons (Fsp3) is 0.429. The van der Waals surface area contributed by atoms with Gasteiger partial charge >= 0.3 is 5.97 Å². The Morgan fingerprint density at radius 1 is 0.913 bits per heavy atom. The minimum absolute atomic E-state index is 0.133. The van der Waals surface area contributed by atoms with Gasteiger partial charge in [-0.2, -0.15) is 5.11 Å². The second kappa shape index (κ2) is 29.4. The van der Waals surface area contributed by atoms with Gasteiger partial charge in [0, 0.05) is 64.0 Å². The Labute approximate surface area is 423 Å². The average molecular weight is 1080 g/mol. The molecule has 3 aromatic carbocycles. The van der Waals surface area contributed by atoms with Crippen LogP contribution < -0.4 is 13.7 Å². The first-order valence-electron chi connectivity index (χ1n) is 23.0. The first-order chi connectivity index (χ1) is 33.4.